The van der Waals surface area contributed by atoms with Gasteiger partial charge >= 0.3 is 0 Å². The molecule has 0 atom stereocenters. The van der Waals surface area contributed by atoms with E-state index in [-0.39, 0.29) is 23.4 Å². The van der Waals surface area contributed by atoms with Crippen LogP contribution in [0.25, 0.3) is 0 Å². The van der Waals surface area contributed by atoms with Crippen molar-refractivity contribution in [3.05, 3.63) is 103 Å². The van der Waals surface area contributed by atoms with Crippen LogP contribution in [-0.4, -0.2) is 15.4 Å². The quantitative estimate of drug-likeness (QED) is 0.519. The SMILES string of the molecule is Cc1ccc(NC(=O)c2ccc(=O)n(Cc3cccc([N+](=O)[O-])c3)c2)cc1Cl. The lowest BCUT2D eigenvalue weighted by atomic mass is 10.2. The number of halogens is 1. The van der Waals surface area contributed by atoms with Crippen LogP contribution in [-0.2, 0) is 6.54 Å². The highest BCUT2D eigenvalue weighted by Crippen LogP contribution is 2.20. The van der Waals surface area contributed by atoms with Gasteiger partial charge in [0.05, 0.1) is 17.0 Å². The third-order valence-electron chi connectivity index (χ3n) is 4.15. The number of benzene rings is 2. The number of nitro groups is 1. The monoisotopic (exact) mass is 397 g/mol. The molecule has 1 N–H and O–H groups in total. The Bertz CT molecular complexity index is 1120. The molecule has 0 bridgehead atoms. The Morgan fingerprint density at radius 3 is 2.68 bits per heavy atom. The van der Waals surface area contributed by atoms with E-state index in [1.807, 2.05) is 6.92 Å². The maximum Gasteiger partial charge on any atom is 0.269 e. The van der Waals surface area contributed by atoms with Gasteiger partial charge in [0, 0.05) is 35.1 Å². The number of non-ortho nitro benzene ring substituents is 1. The highest BCUT2D eigenvalue weighted by Gasteiger charge is 2.11. The summed E-state index contributed by atoms with van der Waals surface area (Å²) < 4.78 is 1.33. The zero-order valence-electron chi connectivity index (χ0n) is 14.9. The summed E-state index contributed by atoms with van der Waals surface area (Å²) in [4.78, 5) is 35.1. The summed E-state index contributed by atoms with van der Waals surface area (Å²) in [7, 11) is 0. The van der Waals surface area contributed by atoms with Crippen molar-refractivity contribution in [3.63, 3.8) is 0 Å². The summed E-state index contributed by atoms with van der Waals surface area (Å²) in [5.74, 6) is -0.396. The molecule has 1 heterocycles. The van der Waals surface area contributed by atoms with Crippen molar-refractivity contribution < 1.29 is 9.72 Å². The Morgan fingerprint density at radius 1 is 1.18 bits per heavy atom. The molecule has 0 fully saturated rings. The fourth-order valence-electron chi connectivity index (χ4n) is 2.63. The number of nitrogens with zero attached hydrogens (tertiary/aromatic N) is 2. The van der Waals surface area contributed by atoms with Gasteiger partial charge in [0.1, 0.15) is 0 Å². The van der Waals surface area contributed by atoms with Crippen molar-refractivity contribution in [2.24, 2.45) is 0 Å². The van der Waals surface area contributed by atoms with Crippen LogP contribution < -0.4 is 10.9 Å². The van der Waals surface area contributed by atoms with E-state index < -0.39 is 10.8 Å². The van der Waals surface area contributed by atoms with Crippen LogP contribution in [0.4, 0.5) is 11.4 Å². The van der Waals surface area contributed by atoms with Crippen LogP contribution in [0.5, 0.6) is 0 Å². The van der Waals surface area contributed by atoms with E-state index in [9.17, 15) is 19.7 Å². The third-order valence-corrected chi connectivity index (χ3v) is 4.56. The van der Waals surface area contributed by atoms with Crippen LogP contribution in [0.2, 0.25) is 5.02 Å². The molecule has 7 nitrogen and oxygen atoms in total. The zero-order valence-corrected chi connectivity index (χ0v) is 15.6. The van der Waals surface area contributed by atoms with Crippen LogP contribution in [0.15, 0.2) is 65.6 Å². The van der Waals surface area contributed by atoms with Crippen molar-refractivity contribution in [1.82, 2.24) is 4.57 Å². The molecule has 0 aliphatic rings. The first kappa shape index (κ1) is 19.3. The number of hydrogen-bond donors (Lipinski definition) is 1. The van der Waals surface area contributed by atoms with Gasteiger partial charge < -0.3 is 9.88 Å². The van der Waals surface area contributed by atoms with Crippen LogP contribution in [0.1, 0.15) is 21.5 Å². The van der Waals surface area contributed by atoms with Crippen molar-refractivity contribution in [3.8, 4) is 0 Å². The number of nitro benzene ring substituents is 1. The molecule has 3 rings (SSSR count). The molecule has 0 radical (unpaired) electrons. The Hall–Kier alpha value is -3.45. The summed E-state index contributed by atoms with van der Waals surface area (Å²) in [6.07, 6.45) is 1.42. The van der Waals surface area contributed by atoms with Gasteiger partial charge in [-0.05, 0) is 36.2 Å². The Kier molecular flexibility index (Phi) is 5.56. The number of amides is 1. The summed E-state index contributed by atoms with van der Waals surface area (Å²) in [6.45, 7) is 1.97. The van der Waals surface area contributed by atoms with E-state index in [1.165, 1.54) is 35.0 Å². The number of rotatable bonds is 5. The second-order valence-electron chi connectivity index (χ2n) is 6.23. The molecule has 142 valence electrons. The van der Waals surface area contributed by atoms with Crippen molar-refractivity contribution in [1.29, 1.82) is 0 Å². The summed E-state index contributed by atoms with van der Waals surface area (Å²) in [5, 5.41) is 14.2. The molecule has 1 amide bonds. The number of nitrogens with one attached hydrogen (secondary N) is 1. The number of aromatic nitrogens is 1. The Labute approximate surface area is 165 Å². The molecule has 0 spiro atoms. The normalized spacial score (nSPS) is 10.5. The number of carbonyl (C=O) groups excluding carboxylic acids is 1. The molecule has 2 aromatic carbocycles. The van der Waals surface area contributed by atoms with E-state index >= 15 is 0 Å². The maximum absolute atomic E-state index is 12.5. The number of anilines is 1. The van der Waals surface area contributed by atoms with Gasteiger partial charge in [-0.15, -0.1) is 0 Å². The third kappa shape index (κ3) is 4.44. The smallest absolute Gasteiger partial charge is 0.269 e. The molecule has 28 heavy (non-hydrogen) atoms. The average molecular weight is 398 g/mol. The number of hydrogen-bond acceptors (Lipinski definition) is 4. The molecule has 0 saturated carbocycles. The first-order valence-corrected chi connectivity index (χ1v) is 8.72. The minimum atomic E-state index is -0.497. The fourth-order valence-corrected chi connectivity index (χ4v) is 2.81. The van der Waals surface area contributed by atoms with E-state index in [0.29, 0.717) is 16.3 Å². The minimum Gasteiger partial charge on any atom is -0.322 e. The van der Waals surface area contributed by atoms with Gasteiger partial charge in [0.25, 0.3) is 17.2 Å². The van der Waals surface area contributed by atoms with Crippen LogP contribution >= 0.6 is 11.6 Å². The molecule has 0 saturated heterocycles. The number of carbonyl (C=O) groups is 1. The van der Waals surface area contributed by atoms with Crippen molar-refractivity contribution in [2.75, 3.05) is 5.32 Å². The predicted molar refractivity (Wildman–Crippen MR) is 107 cm³/mol. The fraction of sp³-hybridized carbons (Fsp3) is 0.100. The first-order valence-electron chi connectivity index (χ1n) is 8.35. The largest absolute Gasteiger partial charge is 0.322 e. The Balaban J connectivity index is 1.83. The molecule has 0 aliphatic heterocycles. The summed E-state index contributed by atoms with van der Waals surface area (Å²) in [5.41, 5.74) is 1.92. The van der Waals surface area contributed by atoms with E-state index in [1.54, 1.807) is 30.3 Å². The van der Waals surface area contributed by atoms with Gasteiger partial charge in [-0.2, -0.15) is 0 Å². The molecule has 0 aliphatic carbocycles. The zero-order chi connectivity index (χ0) is 20.3. The van der Waals surface area contributed by atoms with E-state index in [2.05, 4.69) is 5.32 Å². The standard InChI is InChI=1S/C20H16ClN3O4/c1-13-5-7-16(10-18(13)21)22-20(26)15-6-8-19(25)23(12-15)11-14-3-2-4-17(9-14)24(27)28/h2-10,12H,11H2,1H3,(H,22,26). The molecule has 0 unspecified atom stereocenters. The van der Waals surface area contributed by atoms with Gasteiger partial charge in [0.15, 0.2) is 0 Å². The topological polar surface area (TPSA) is 94.2 Å². The van der Waals surface area contributed by atoms with Gasteiger partial charge in [-0.1, -0.05) is 29.8 Å². The highest BCUT2D eigenvalue weighted by atomic mass is 35.5. The van der Waals surface area contributed by atoms with Crippen LogP contribution in [0.3, 0.4) is 0 Å². The van der Waals surface area contributed by atoms with Gasteiger partial charge in [-0.25, -0.2) is 0 Å². The van der Waals surface area contributed by atoms with Crippen molar-refractivity contribution >= 4 is 28.9 Å². The second-order valence-corrected chi connectivity index (χ2v) is 6.64. The lowest BCUT2D eigenvalue weighted by Gasteiger charge is -2.10. The van der Waals surface area contributed by atoms with E-state index in [4.69, 9.17) is 11.6 Å². The number of aryl methyl sites for hydroxylation is 1. The van der Waals surface area contributed by atoms with Gasteiger partial charge in [0.2, 0.25) is 0 Å². The Morgan fingerprint density at radius 2 is 1.96 bits per heavy atom. The highest BCUT2D eigenvalue weighted by molar-refractivity contribution is 6.31. The lowest BCUT2D eigenvalue weighted by Crippen LogP contribution is -2.22. The van der Waals surface area contributed by atoms with Crippen molar-refractivity contribution in [2.45, 2.75) is 13.5 Å². The lowest BCUT2D eigenvalue weighted by molar-refractivity contribution is -0.384. The molecule has 1 aromatic heterocycles. The molecule has 3 aromatic rings. The maximum atomic E-state index is 12.5. The van der Waals surface area contributed by atoms with Gasteiger partial charge in [-0.3, -0.25) is 19.7 Å². The predicted octanol–water partition coefficient (Wildman–Crippen LogP) is 4.02. The van der Waals surface area contributed by atoms with E-state index in [0.717, 1.165) is 5.56 Å². The first-order chi connectivity index (χ1) is 13.3. The number of pyridine rings is 1. The summed E-state index contributed by atoms with van der Waals surface area (Å²) >= 11 is 6.07. The average Bonchev–Trinajstić information content (AvgIpc) is 2.66. The van der Waals surface area contributed by atoms with Crippen LogP contribution in [0, 0.1) is 17.0 Å². The molecular weight excluding hydrogens is 382 g/mol. The molecular formula is C20H16ClN3O4. The minimum absolute atomic E-state index is 0.0595. The molecule has 8 heteroatoms. The second kappa shape index (κ2) is 8.06. The summed E-state index contributed by atoms with van der Waals surface area (Å²) in [6, 6.07) is 13.9.